The average Bonchev–Trinajstić information content (AvgIpc) is 3.40. The summed E-state index contributed by atoms with van der Waals surface area (Å²) in [4.78, 5) is 38.2. The molecule has 0 fully saturated rings. The van der Waals surface area contributed by atoms with Gasteiger partial charge in [-0.1, -0.05) is 279 Å². The molecule has 0 saturated heterocycles. The van der Waals surface area contributed by atoms with Gasteiger partial charge in [-0.25, -0.2) is 0 Å². The van der Waals surface area contributed by atoms with Crippen molar-refractivity contribution in [3.8, 4) is 0 Å². The lowest BCUT2D eigenvalue weighted by Crippen LogP contribution is -2.30. The molecular formula is C68H116O6. The summed E-state index contributed by atoms with van der Waals surface area (Å²) in [6.07, 6.45) is 82.6. The van der Waals surface area contributed by atoms with E-state index in [2.05, 4.69) is 118 Å². The van der Waals surface area contributed by atoms with Crippen LogP contribution in [0.4, 0.5) is 0 Å². The summed E-state index contributed by atoms with van der Waals surface area (Å²) in [6, 6.07) is 0. The number of hydrogen-bond donors (Lipinski definition) is 0. The molecule has 6 nitrogen and oxygen atoms in total. The molecule has 0 radical (unpaired) electrons. The Balaban J connectivity index is 4.26. The first-order chi connectivity index (χ1) is 36.5. The minimum absolute atomic E-state index is 0.0815. The molecule has 0 aromatic heterocycles. The Labute approximate surface area is 457 Å². The third-order valence-corrected chi connectivity index (χ3v) is 13.3. The molecule has 0 aliphatic rings. The summed E-state index contributed by atoms with van der Waals surface area (Å²) in [5, 5.41) is 0. The number of ether oxygens (including phenoxy) is 3. The fraction of sp³-hybridized carbons (Fsp3) is 0.721. The van der Waals surface area contributed by atoms with Crippen LogP contribution in [0, 0.1) is 0 Å². The molecule has 1 atom stereocenters. The second-order valence-electron chi connectivity index (χ2n) is 20.6. The lowest BCUT2D eigenvalue weighted by molar-refractivity contribution is -0.167. The van der Waals surface area contributed by atoms with Crippen molar-refractivity contribution in [3.05, 3.63) is 97.2 Å². The minimum Gasteiger partial charge on any atom is -0.462 e. The summed E-state index contributed by atoms with van der Waals surface area (Å²) >= 11 is 0. The molecule has 0 aromatic carbocycles. The molecule has 0 spiro atoms. The van der Waals surface area contributed by atoms with Gasteiger partial charge in [0.1, 0.15) is 13.2 Å². The van der Waals surface area contributed by atoms with Crippen LogP contribution in [0.15, 0.2) is 97.2 Å². The first kappa shape index (κ1) is 70.3. The zero-order valence-electron chi connectivity index (χ0n) is 48.6. The van der Waals surface area contributed by atoms with Gasteiger partial charge in [-0.3, -0.25) is 14.4 Å². The van der Waals surface area contributed by atoms with Crippen LogP contribution in [0.5, 0.6) is 0 Å². The lowest BCUT2D eigenvalue weighted by Gasteiger charge is -2.18. The quantitative estimate of drug-likeness (QED) is 0.0261. The van der Waals surface area contributed by atoms with Gasteiger partial charge in [0, 0.05) is 19.3 Å². The molecule has 0 amide bonds. The number of allylic oxidation sites excluding steroid dienone is 16. The molecule has 0 saturated carbocycles. The maximum atomic E-state index is 12.9. The molecule has 74 heavy (non-hydrogen) atoms. The molecule has 0 N–H and O–H groups in total. The number of rotatable bonds is 56. The zero-order chi connectivity index (χ0) is 53.6. The Morgan fingerprint density at radius 1 is 0.284 bits per heavy atom. The van der Waals surface area contributed by atoms with Crippen molar-refractivity contribution in [2.75, 3.05) is 13.2 Å². The van der Waals surface area contributed by atoms with Crippen molar-refractivity contribution in [2.45, 2.75) is 303 Å². The summed E-state index contributed by atoms with van der Waals surface area (Å²) < 4.78 is 16.9. The maximum Gasteiger partial charge on any atom is 0.306 e. The van der Waals surface area contributed by atoms with Crippen LogP contribution in [0.1, 0.15) is 297 Å². The number of carbonyl (C=O) groups is 3. The van der Waals surface area contributed by atoms with Gasteiger partial charge in [-0.15, -0.1) is 0 Å². The van der Waals surface area contributed by atoms with Gasteiger partial charge in [0.15, 0.2) is 6.10 Å². The van der Waals surface area contributed by atoms with Gasteiger partial charge in [0.2, 0.25) is 0 Å². The average molecular weight is 1030 g/mol. The topological polar surface area (TPSA) is 78.9 Å². The lowest BCUT2D eigenvalue weighted by atomic mass is 10.0. The van der Waals surface area contributed by atoms with E-state index in [4.69, 9.17) is 14.2 Å². The van der Waals surface area contributed by atoms with E-state index in [1.807, 2.05) is 0 Å². The molecule has 0 aliphatic heterocycles. The SMILES string of the molecule is CC/C=C\C/C=C\C/C=C\C/C=C\C/C=C\C/C=C\CCCCCCCCCCCCC(=O)OCC(COC(=O)CCCCCCCCCCCCCCC)OC(=O)CCCCCCC/C=C\C/C=C\CCCC. The smallest absolute Gasteiger partial charge is 0.306 e. The molecular weight excluding hydrogens is 913 g/mol. The number of unbranched alkanes of at least 4 members (excludes halogenated alkanes) is 29. The highest BCUT2D eigenvalue weighted by Gasteiger charge is 2.19. The Kier molecular flexibility index (Phi) is 58.8. The van der Waals surface area contributed by atoms with Crippen LogP contribution in [-0.2, 0) is 28.6 Å². The van der Waals surface area contributed by atoms with E-state index >= 15 is 0 Å². The van der Waals surface area contributed by atoms with Crippen LogP contribution < -0.4 is 0 Å². The van der Waals surface area contributed by atoms with Crippen molar-refractivity contribution < 1.29 is 28.6 Å². The molecule has 0 bridgehead atoms. The Hall–Kier alpha value is -3.67. The minimum atomic E-state index is -0.785. The van der Waals surface area contributed by atoms with Gasteiger partial charge in [-0.2, -0.15) is 0 Å². The van der Waals surface area contributed by atoms with E-state index in [-0.39, 0.29) is 31.1 Å². The molecule has 424 valence electrons. The number of hydrogen-bond acceptors (Lipinski definition) is 6. The van der Waals surface area contributed by atoms with Gasteiger partial charge < -0.3 is 14.2 Å². The predicted octanol–water partition coefficient (Wildman–Crippen LogP) is 21.3. The second kappa shape index (κ2) is 61.9. The van der Waals surface area contributed by atoms with E-state index in [0.29, 0.717) is 19.3 Å². The molecule has 0 aliphatic carbocycles. The number of carbonyl (C=O) groups excluding carboxylic acids is 3. The van der Waals surface area contributed by atoms with E-state index < -0.39 is 6.10 Å². The van der Waals surface area contributed by atoms with Gasteiger partial charge in [0.05, 0.1) is 0 Å². The van der Waals surface area contributed by atoms with Crippen molar-refractivity contribution in [2.24, 2.45) is 0 Å². The van der Waals surface area contributed by atoms with Crippen LogP contribution in [-0.4, -0.2) is 37.2 Å². The van der Waals surface area contributed by atoms with Crippen LogP contribution in [0.2, 0.25) is 0 Å². The second-order valence-corrected chi connectivity index (χ2v) is 20.6. The van der Waals surface area contributed by atoms with Crippen molar-refractivity contribution in [1.29, 1.82) is 0 Å². The molecule has 6 heteroatoms. The van der Waals surface area contributed by atoms with E-state index in [1.54, 1.807) is 0 Å². The van der Waals surface area contributed by atoms with Crippen molar-refractivity contribution >= 4 is 17.9 Å². The summed E-state index contributed by atoms with van der Waals surface area (Å²) in [7, 11) is 0. The largest absolute Gasteiger partial charge is 0.462 e. The normalized spacial score (nSPS) is 12.7. The Morgan fingerprint density at radius 2 is 0.541 bits per heavy atom. The summed E-state index contributed by atoms with van der Waals surface area (Å²) in [5.74, 6) is -0.892. The van der Waals surface area contributed by atoms with E-state index in [9.17, 15) is 14.4 Å². The monoisotopic (exact) mass is 1030 g/mol. The van der Waals surface area contributed by atoms with E-state index in [1.165, 1.54) is 135 Å². The first-order valence-corrected chi connectivity index (χ1v) is 31.2. The Morgan fingerprint density at radius 3 is 0.865 bits per heavy atom. The highest BCUT2D eigenvalue weighted by atomic mass is 16.6. The predicted molar refractivity (Wildman–Crippen MR) is 320 cm³/mol. The third-order valence-electron chi connectivity index (χ3n) is 13.3. The number of esters is 3. The van der Waals surface area contributed by atoms with Gasteiger partial charge in [0.25, 0.3) is 0 Å². The zero-order valence-corrected chi connectivity index (χ0v) is 48.6. The Bertz CT molecular complexity index is 1460. The molecule has 1 unspecified atom stereocenters. The molecule has 0 rings (SSSR count). The first-order valence-electron chi connectivity index (χ1n) is 31.2. The maximum absolute atomic E-state index is 12.9. The van der Waals surface area contributed by atoms with Crippen molar-refractivity contribution in [3.63, 3.8) is 0 Å². The molecule has 0 heterocycles. The molecule has 0 aromatic rings. The van der Waals surface area contributed by atoms with Gasteiger partial charge in [-0.05, 0) is 96.3 Å². The fourth-order valence-electron chi connectivity index (χ4n) is 8.64. The van der Waals surface area contributed by atoms with E-state index in [0.717, 1.165) is 122 Å². The van der Waals surface area contributed by atoms with Crippen LogP contribution in [0.3, 0.4) is 0 Å². The van der Waals surface area contributed by atoms with Crippen LogP contribution >= 0.6 is 0 Å². The third kappa shape index (κ3) is 59.2. The standard InChI is InChI=1S/C68H116O6/c1-4-7-10-13-16-19-22-25-27-28-29-30-31-32-33-34-35-36-37-38-39-40-41-44-46-49-52-55-58-61-67(70)73-64-65(63-72-66(69)60-57-54-51-48-45-42-24-21-18-15-12-9-6-3)74-68(71)62-59-56-53-50-47-43-26-23-20-17-14-11-8-5-2/h7,10,14,16-17,19,23,25-27,29-30,32-33,35-36,65H,4-6,8-9,11-13,15,18,20-22,24,28,31,34,37-64H2,1-3H3/b10-7-,17-14-,19-16-,26-23-,27-25-,30-29-,33-32-,36-35-. The highest BCUT2D eigenvalue weighted by Crippen LogP contribution is 2.16. The fourth-order valence-corrected chi connectivity index (χ4v) is 8.64. The van der Waals surface area contributed by atoms with Crippen molar-refractivity contribution in [1.82, 2.24) is 0 Å². The van der Waals surface area contributed by atoms with Gasteiger partial charge >= 0.3 is 17.9 Å². The van der Waals surface area contributed by atoms with Crippen LogP contribution in [0.25, 0.3) is 0 Å². The summed E-state index contributed by atoms with van der Waals surface area (Å²) in [6.45, 7) is 6.49. The highest BCUT2D eigenvalue weighted by molar-refractivity contribution is 5.71. The summed E-state index contributed by atoms with van der Waals surface area (Å²) in [5.41, 5.74) is 0.